The summed E-state index contributed by atoms with van der Waals surface area (Å²) in [7, 11) is 0. The lowest BCUT2D eigenvalue weighted by Crippen LogP contribution is -2.47. The first-order valence-corrected chi connectivity index (χ1v) is 10.2. The van der Waals surface area contributed by atoms with E-state index in [0.717, 1.165) is 32.0 Å². The molecule has 1 heterocycles. The van der Waals surface area contributed by atoms with E-state index in [1.54, 1.807) is 0 Å². The minimum absolute atomic E-state index is 0.279. The molecule has 0 radical (unpaired) electrons. The van der Waals surface area contributed by atoms with Gasteiger partial charge in [0.25, 0.3) is 0 Å². The van der Waals surface area contributed by atoms with Crippen LogP contribution >= 0.6 is 0 Å². The molecule has 2 aliphatic rings. The van der Waals surface area contributed by atoms with Crippen molar-refractivity contribution in [2.45, 2.75) is 56.5 Å². The van der Waals surface area contributed by atoms with Crippen LogP contribution < -0.4 is 5.32 Å². The molecule has 0 aromatic heterocycles. The zero-order valence-corrected chi connectivity index (χ0v) is 15.7. The highest BCUT2D eigenvalue weighted by Crippen LogP contribution is 2.37. The monoisotopic (exact) mass is 370 g/mol. The molecule has 2 fully saturated rings. The van der Waals surface area contributed by atoms with Crippen LogP contribution in [0.25, 0.3) is 0 Å². The predicted octanol–water partition coefficient (Wildman–Crippen LogP) is 5.57. The highest BCUT2D eigenvalue weighted by Gasteiger charge is 2.33. The smallest absolute Gasteiger partial charge is 0.128 e. The summed E-state index contributed by atoms with van der Waals surface area (Å²) in [4.78, 5) is 2.65. The Morgan fingerprint density at radius 2 is 1.48 bits per heavy atom. The summed E-state index contributed by atoms with van der Waals surface area (Å²) in [5.74, 6) is -0.424. The maximum Gasteiger partial charge on any atom is 0.128 e. The van der Waals surface area contributed by atoms with E-state index in [9.17, 15) is 8.78 Å². The number of anilines is 1. The molecule has 4 heteroatoms. The number of piperidine rings is 1. The number of nitrogens with one attached hydrogen (secondary N) is 1. The van der Waals surface area contributed by atoms with Crippen molar-refractivity contribution in [3.05, 3.63) is 65.7 Å². The van der Waals surface area contributed by atoms with Crippen molar-refractivity contribution < 1.29 is 8.78 Å². The number of hydrogen-bond acceptors (Lipinski definition) is 2. The van der Waals surface area contributed by atoms with Crippen molar-refractivity contribution in [1.29, 1.82) is 0 Å². The van der Waals surface area contributed by atoms with Crippen molar-refractivity contribution in [2.75, 3.05) is 18.4 Å². The third-order valence-corrected chi connectivity index (χ3v) is 6.19. The number of rotatable bonds is 4. The van der Waals surface area contributed by atoms with Gasteiger partial charge in [-0.2, -0.15) is 0 Å². The molecule has 1 saturated heterocycles. The molecule has 2 atom stereocenters. The van der Waals surface area contributed by atoms with Crippen molar-refractivity contribution >= 4 is 5.69 Å². The second-order valence-electron chi connectivity index (χ2n) is 7.98. The maximum absolute atomic E-state index is 13.4. The Balaban J connectivity index is 1.37. The first kappa shape index (κ1) is 18.4. The third kappa shape index (κ3) is 4.49. The summed E-state index contributed by atoms with van der Waals surface area (Å²) < 4.78 is 26.8. The molecular formula is C23H28F2N2. The third-order valence-electron chi connectivity index (χ3n) is 6.19. The molecule has 2 aromatic carbocycles. The summed E-state index contributed by atoms with van der Waals surface area (Å²) in [5, 5.41) is 3.32. The Morgan fingerprint density at radius 1 is 0.815 bits per heavy atom. The standard InChI is InChI=1S/C23H28F2N2/c24-18-14-19(25)16-21(15-18)26-20-10-12-27(13-11-20)23-9-5-4-8-22(23)17-6-2-1-3-7-17/h1-3,6-7,14-16,20,22-23,26H,4-5,8-13H2. The van der Waals surface area contributed by atoms with Gasteiger partial charge in [-0.1, -0.05) is 43.2 Å². The van der Waals surface area contributed by atoms with Gasteiger partial charge >= 0.3 is 0 Å². The van der Waals surface area contributed by atoms with Crippen LogP contribution in [-0.4, -0.2) is 30.1 Å². The summed E-state index contributed by atoms with van der Waals surface area (Å²) in [6.45, 7) is 2.09. The average molecular weight is 370 g/mol. The van der Waals surface area contributed by atoms with Crippen molar-refractivity contribution in [3.8, 4) is 0 Å². The van der Waals surface area contributed by atoms with Gasteiger partial charge in [-0.15, -0.1) is 0 Å². The van der Waals surface area contributed by atoms with Gasteiger partial charge < -0.3 is 5.32 Å². The molecule has 144 valence electrons. The fourth-order valence-corrected chi connectivity index (χ4v) is 4.89. The number of halogens is 2. The summed E-state index contributed by atoms with van der Waals surface area (Å²) in [6, 6.07) is 15.5. The quantitative estimate of drug-likeness (QED) is 0.757. The van der Waals surface area contributed by atoms with Gasteiger partial charge in [0.2, 0.25) is 0 Å². The van der Waals surface area contributed by atoms with E-state index in [0.29, 0.717) is 17.6 Å². The molecule has 4 rings (SSSR count). The van der Waals surface area contributed by atoms with Crippen LogP contribution in [0.2, 0.25) is 0 Å². The van der Waals surface area contributed by atoms with Crippen LogP contribution in [0.1, 0.15) is 50.0 Å². The van der Waals surface area contributed by atoms with Crippen LogP contribution in [0.15, 0.2) is 48.5 Å². The lowest BCUT2D eigenvalue weighted by atomic mass is 9.78. The fraction of sp³-hybridized carbons (Fsp3) is 0.478. The summed E-state index contributed by atoms with van der Waals surface area (Å²) in [6.07, 6.45) is 7.20. The van der Waals surface area contributed by atoms with Crippen molar-refractivity contribution in [1.82, 2.24) is 4.90 Å². The molecule has 0 amide bonds. The zero-order valence-electron chi connectivity index (χ0n) is 15.7. The summed E-state index contributed by atoms with van der Waals surface area (Å²) in [5.41, 5.74) is 2.02. The van der Waals surface area contributed by atoms with E-state index in [-0.39, 0.29) is 6.04 Å². The van der Waals surface area contributed by atoms with Gasteiger partial charge in [0.1, 0.15) is 11.6 Å². The molecule has 1 N–H and O–H groups in total. The first-order valence-electron chi connectivity index (χ1n) is 10.2. The number of hydrogen-bond donors (Lipinski definition) is 1. The Bertz CT molecular complexity index is 721. The zero-order chi connectivity index (χ0) is 18.6. The van der Waals surface area contributed by atoms with E-state index in [1.807, 2.05) is 0 Å². The van der Waals surface area contributed by atoms with Crippen molar-refractivity contribution in [3.63, 3.8) is 0 Å². The summed E-state index contributed by atoms with van der Waals surface area (Å²) >= 11 is 0. The largest absolute Gasteiger partial charge is 0.382 e. The molecule has 1 aliphatic heterocycles. The molecule has 1 aliphatic carbocycles. The number of likely N-dealkylation sites (tertiary alicyclic amines) is 1. The van der Waals surface area contributed by atoms with E-state index in [2.05, 4.69) is 40.5 Å². The van der Waals surface area contributed by atoms with Crippen molar-refractivity contribution in [2.24, 2.45) is 0 Å². The van der Waals surface area contributed by atoms with Gasteiger partial charge in [0.15, 0.2) is 0 Å². The molecule has 2 nitrogen and oxygen atoms in total. The van der Waals surface area contributed by atoms with Gasteiger partial charge in [0, 0.05) is 36.9 Å². The highest BCUT2D eigenvalue weighted by molar-refractivity contribution is 5.44. The topological polar surface area (TPSA) is 15.3 Å². The van der Waals surface area contributed by atoms with E-state index in [1.165, 1.54) is 43.4 Å². The van der Waals surface area contributed by atoms with E-state index >= 15 is 0 Å². The molecule has 2 aromatic rings. The predicted molar refractivity (Wildman–Crippen MR) is 106 cm³/mol. The first-order chi connectivity index (χ1) is 13.2. The minimum Gasteiger partial charge on any atom is -0.382 e. The second kappa shape index (κ2) is 8.39. The SMILES string of the molecule is Fc1cc(F)cc(NC2CCN(C3CCCCC3c3ccccc3)CC2)c1. The van der Waals surface area contributed by atoms with Gasteiger partial charge in [-0.3, -0.25) is 4.90 Å². The van der Waals surface area contributed by atoms with Crippen LogP contribution in [-0.2, 0) is 0 Å². The number of benzene rings is 2. The van der Waals surface area contributed by atoms with E-state index in [4.69, 9.17) is 0 Å². The van der Waals surface area contributed by atoms with Gasteiger partial charge in [-0.05, 0) is 49.3 Å². The minimum atomic E-state index is -0.525. The van der Waals surface area contributed by atoms with Gasteiger partial charge in [-0.25, -0.2) is 8.78 Å². The normalized spacial score (nSPS) is 24.7. The highest BCUT2D eigenvalue weighted by atomic mass is 19.1. The van der Waals surface area contributed by atoms with Crippen LogP contribution in [0.4, 0.5) is 14.5 Å². The molecule has 0 spiro atoms. The van der Waals surface area contributed by atoms with Crippen LogP contribution in [0.3, 0.4) is 0 Å². The molecule has 2 unspecified atom stereocenters. The van der Waals surface area contributed by atoms with Crippen LogP contribution in [0, 0.1) is 11.6 Å². The Kier molecular flexibility index (Phi) is 5.72. The molecular weight excluding hydrogens is 342 g/mol. The molecule has 27 heavy (non-hydrogen) atoms. The van der Waals surface area contributed by atoms with Gasteiger partial charge in [0.05, 0.1) is 0 Å². The Labute approximate surface area is 160 Å². The van der Waals surface area contributed by atoms with Crippen LogP contribution in [0.5, 0.6) is 0 Å². The average Bonchev–Trinajstić information content (AvgIpc) is 2.68. The maximum atomic E-state index is 13.4. The van der Waals surface area contributed by atoms with E-state index < -0.39 is 11.6 Å². The second-order valence-corrected chi connectivity index (χ2v) is 7.98. The lowest BCUT2D eigenvalue weighted by Gasteiger charge is -2.44. The number of nitrogens with zero attached hydrogens (tertiary/aromatic N) is 1. The molecule has 0 bridgehead atoms. The Hall–Kier alpha value is -1.94. The Morgan fingerprint density at radius 3 is 2.19 bits per heavy atom. The lowest BCUT2D eigenvalue weighted by molar-refractivity contribution is 0.109. The fourth-order valence-electron chi connectivity index (χ4n) is 4.89. The molecule has 1 saturated carbocycles.